The minimum Gasteiger partial charge on any atom is -0.481 e. The van der Waals surface area contributed by atoms with Gasteiger partial charge in [-0.25, -0.2) is 0 Å². The molecule has 0 saturated carbocycles. The normalized spacial score (nSPS) is 23.7. The topological polar surface area (TPSA) is 55.6 Å². The number of amides is 1. The van der Waals surface area contributed by atoms with Gasteiger partial charge >= 0.3 is 0 Å². The maximum atomic E-state index is 12.4. The van der Waals surface area contributed by atoms with Crippen molar-refractivity contribution in [3.05, 3.63) is 29.3 Å². The molecule has 1 amide bonds. The third kappa shape index (κ3) is 3.44. The lowest BCUT2D eigenvalue weighted by Gasteiger charge is -2.25. The van der Waals surface area contributed by atoms with Crippen molar-refractivity contribution < 1.29 is 9.53 Å². The molecule has 110 valence electrons. The maximum absolute atomic E-state index is 12.4. The summed E-state index contributed by atoms with van der Waals surface area (Å²) in [7, 11) is 0. The number of carbonyl (C=O) groups is 1. The quantitative estimate of drug-likeness (QED) is 0.927. The van der Waals surface area contributed by atoms with Gasteiger partial charge in [-0.3, -0.25) is 4.79 Å². The van der Waals surface area contributed by atoms with Gasteiger partial charge in [0, 0.05) is 17.6 Å². The fourth-order valence-corrected chi connectivity index (χ4v) is 2.83. The van der Waals surface area contributed by atoms with E-state index in [1.54, 1.807) is 31.2 Å². The Labute approximate surface area is 124 Å². The van der Waals surface area contributed by atoms with Crippen LogP contribution in [0, 0.1) is 5.92 Å². The second-order valence-corrected chi connectivity index (χ2v) is 5.83. The van der Waals surface area contributed by atoms with Crippen LogP contribution < -0.4 is 10.5 Å². The van der Waals surface area contributed by atoms with Gasteiger partial charge in [0.05, 0.1) is 0 Å². The Morgan fingerprint density at radius 2 is 2.35 bits per heavy atom. The van der Waals surface area contributed by atoms with Crippen LogP contribution in [0.15, 0.2) is 24.3 Å². The Morgan fingerprint density at radius 1 is 1.60 bits per heavy atom. The first-order valence-corrected chi connectivity index (χ1v) is 7.31. The first-order valence-electron chi connectivity index (χ1n) is 6.94. The van der Waals surface area contributed by atoms with Gasteiger partial charge in [0.15, 0.2) is 6.10 Å². The second-order valence-electron chi connectivity index (χ2n) is 5.39. The van der Waals surface area contributed by atoms with Gasteiger partial charge in [0.2, 0.25) is 0 Å². The zero-order chi connectivity index (χ0) is 14.7. The largest absolute Gasteiger partial charge is 0.481 e. The molecule has 1 heterocycles. The number of nitrogens with two attached hydrogens (primary N) is 1. The number of rotatable bonds is 4. The molecule has 0 spiro atoms. The van der Waals surface area contributed by atoms with Crippen LogP contribution in [0.25, 0.3) is 0 Å². The smallest absolute Gasteiger partial charge is 0.263 e. The highest BCUT2D eigenvalue weighted by Crippen LogP contribution is 2.24. The molecular formula is C15H21ClN2O2. The molecule has 2 rings (SSSR count). The summed E-state index contributed by atoms with van der Waals surface area (Å²) < 4.78 is 5.68. The van der Waals surface area contributed by atoms with E-state index in [4.69, 9.17) is 22.1 Å². The van der Waals surface area contributed by atoms with Crippen LogP contribution in [0.4, 0.5) is 0 Å². The van der Waals surface area contributed by atoms with E-state index in [-0.39, 0.29) is 11.9 Å². The first-order chi connectivity index (χ1) is 9.51. The van der Waals surface area contributed by atoms with E-state index in [0.717, 1.165) is 13.0 Å². The van der Waals surface area contributed by atoms with Crippen molar-refractivity contribution in [2.45, 2.75) is 32.4 Å². The van der Waals surface area contributed by atoms with E-state index in [2.05, 4.69) is 6.92 Å². The van der Waals surface area contributed by atoms with Gasteiger partial charge in [-0.05, 0) is 50.9 Å². The molecule has 1 aliphatic rings. The molecule has 1 aromatic carbocycles. The summed E-state index contributed by atoms with van der Waals surface area (Å²) in [4.78, 5) is 14.3. The Kier molecular flexibility index (Phi) is 4.89. The zero-order valence-corrected chi connectivity index (χ0v) is 12.6. The number of hydrogen-bond donors (Lipinski definition) is 1. The number of benzene rings is 1. The fourth-order valence-electron chi connectivity index (χ4n) is 2.65. The van der Waals surface area contributed by atoms with Crippen LogP contribution in [0.3, 0.4) is 0 Å². The van der Waals surface area contributed by atoms with Crippen LogP contribution in [-0.4, -0.2) is 36.0 Å². The molecule has 0 aliphatic carbocycles. The van der Waals surface area contributed by atoms with E-state index in [1.165, 1.54) is 0 Å². The standard InChI is InChI=1S/C15H21ClN2O2/c1-10-6-12(8-17)9-18(10)15(19)11(2)20-14-5-3-4-13(16)7-14/h3-5,7,10-12H,6,8-9,17H2,1-2H3. The molecule has 0 bridgehead atoms. The molecule has 3 unspecified atom stereocenters. The first kappa shape index (κ1) is 15.1. The van der Waals surface area contributed by atoms with Crippen molar-refractivity contribution in [2.75, 3.05) is 13.1 Å². The summed E-state index contributed by atoms with van der Waals surface area (Å²) in [6.07, 6.45) is 0.444. The van der Waals surface area contributed by atoms with Crippen LogP contribution in [0.5, 0.6) is 5.75 Å². The van der Waals surface area contributed by atoms with Crippen LogP contribution >= 0.6 is 11.6 Å². The number of halogens is 1. The van der Waals surface area contributed by atoms with Gasteiger partial charge in [0.1, 0.15) is 5.75 Å². The monoisotopic (exact) mass is 296 g/mol. The van der Waals surface area contributed by atoms with Crippen molar-refractivity contribution in [1.29, 1.82) is 0 Å². The fraction of sp³-hybridized carbons (Fsp3) is 0.533. The number of carbonyl (C=O) groups excluding carboxylic acids is 1. The van der Waals surface area contributed by atoms with E-state index in [0.29, 0.717) is 23.2 Å². The van der Waals surface area contributed by atoms with E-state index in [1.807, 2.05) is 4.90 Å². The van der Waals surface area contributed by atoms with E-state index >= 15 is 0 Å². The Bertz CT molecular complexity index is 481. The summed E-state index contributed by atoms with van der Waals surface area (Å²) >= 11 is 5.91. The number of hydrogen-bond acceptors (Lipinski definition) is 3. The van der Waals surface area contributed by atoms with Crippen molar-refractivity contribution in [2.24, 2.45) is 11.7 Å². The highest BCUT2D eigenvalue weighted by Gasteiger charge is 2.34. The number of ether oxygens (including phenoxy) is 1. The third-order valence-electron chi connectivity index (χ3n) is 3.73. The average molecular weight is 297 g/mol. The highest BCUT2D eigenvalue weighted by molar-refractivity contribution is 6.30. The van der Waals surface area contributed by atoms with Crippen molar-refractivity contribution in [3.63, 3.8) is 0 Å². The van der Waals surface area contributed by atoms with Gasteiger partial charge in [-0.1, -0.05) is 17.7 Å². The summed E-state index contributed by atoms with van der Waals surface area (Å²) in [6, 6.07) is 7.31. The molecule has 4 nitrogen and oxygen atoms in total. The molecule has 1 saturated heterocycles. The Morgan fingerprint density at radius 3 is 2.95 bits per heavy atom. The summed E-state index contributed by atoms with van der Waals surface area (Å²) in [5.74, 6) is 1.02. The van der Waals surface area contributed by atoms with Gasteiger partial charge < -0.3 is 15.4 Å². The summed E-state index contributed by atoms with van der Waals surface area (Å²) in [5.41, 5.74) is 5.69. The second kappa shape index (κ2) is 6.46. The molecule has 0 aromatic heterocycles. The minimum absolute atomic E-state index is 0.00780. The summed E-state index contributed by atoms with van der Waals surface area (Å²) in [5, 5.41) is 0.597. The highest BCUT2D eigenvalue weighted by atomic mass is 35.5. The molecule has 1 aromatic rings. The molecule has 1 aliphatic heterocycles. The lowest BCUT2D eigenvalue weighted by Crippen LogP contribution is -2.42. The Balaban J connectivity index is 1.98. The maximum Gasteiger partial charge on any atom is 0.263 e. The third-order valence-corrected chi connectivity index (χ3v) is 3.97. The van der Waals surface area contributed by atoms with E-state index < -0.39 is 6.10 Å². The minimum atomic E-state index is -0.521. The molecular weight excluding hydrogens is 276 g/mol. The Hall–Kier alpha value is -1.26. The van der Waals surface area contributed by atoms with Crippen LogP contribution in [-0.2, 0) is 4.79 Å². The van der Waals surface area contributed by atoms with E-state index in [9.17, 15) is 4.79 Å². The number of likely N-dealkylation sites (tertiary alicyclic amines) is 1. The molecule has 0 radical (unpaired) electrons. The predicted octanol–water partition coefficient (Wildman–Crippen LogP) is 2.30. The summed E-state index contributed by atoms with van der Waals surface area (Å²) in [6.45, 7) is 5.17. The van der Waals surface area contributed by atoms with Crippen molar-refractivity contribution in [3.8, 4) is 5.75 Å². The average Bonchev–Trinajstić information content (AvgIpc) is 2.79. The van der Waals surface area contributed by atoms with Crippen LogP contribution in [0.1, 0.15) is 20.3 Å². The van der Waals surface area contributed by atoms with Crippen LogP contribution in [0.2, 0.25) is 5.02 Å². The molecule has 3 atom stereocenters. The molecule has 20 heavy (non-hydrogen) atoms. The van der Waals surface area contributed by atoms with Crippen molar-refractivity contribution >= 4 is 17.5 Å². The predicted molar refractivity (Wildman–Crippen MR) is 79.9 cm³/mol. The zero-order valence-electron chi connectivity index (χ0n) is 11.9. The van der Waals surface area contributed by atoms with Gasteiger partial charge in [-0.2, -0.15) is 0 Å². The van der Waals surface area contributed by atoms with Gasteiger partial charge in [0.25, 0.3) is 5.91 Å². The molecule has 5 heteroatoms. The number of nitrogens with zero attached hydrogens (tertiary/aromatic N) is 1. The molecule has 1 fully saturated rings. The SMILES string of the molecule is CC(Oc1cccc(Cl)c1)C(=O)N1CC(CN)CC1C. The molecule has 2 N–H and O–H groups in total. The lowest BCUT2D eigenvalue weighted by molar-refractivity contribution is -0.138. The lowest BCUT2D eigenvalue weighted by atomic mass is 10.1. The van der Waals surface area contributed by atoms with Crippen molar-refractivity contribution in [1.82, 2.24) is 4.90 Å². The van der Waals surface area contributed by atoms with Gasteiger partial charge in [-0.15, -0.1) is 0 Å².